The first-order valence-corrected chi connectivity index (χ1v) is 9.61. The molecule has 26 heavy (non-hydrogen) atoms. The Labute approximate surface area is 155 Å². The van der Waals surface area contributed by atoms with Crippen molar-refractivity contribution in [3.05, 3.63) is 53.6 Å². The van der Waals surface area contributed by atoms with Crippen LogP contribution in [0.15, 0.2) is 36.8 Å². The van der Waals surface area contributed by atoms with Gasteiger partial charge in [0.15, 0.2) is 0 Å². The molecule has 2 aliphatic rings. The third-order valence-corrected chi connectivity index (χ3v) is 6.03. The molecule has 3 heterocycles. The summed E-state index contributed by atoms with van der Waals surface area (Å²) in [4.78, 5) is 19.4. The number of fused-ring (bicyclic) bond motifs is 2. The number of hydrogen-bond donors (Lipinski definition) is 1. The summed E-state index contributed by atoms with van der Waals surface area (Å²) in [6.07, 6.45) is 6.52. The van der Waals surface area contributed by atoms with Gasteiger partial charge >= 0.3 is 0 Å². The number of nitrogens with zero attached hydrogens (tertiary/aromatic N) is 3. The lowest BCUT2D eigenvalue weighted by Gasteiger charge is -2.42. The summed E-state index contributed by atoms with van der Waals surface area (Å²) in [6, 6.07) is 8.69. The zero-order valence-electron chi connectivity index (χ0n) is 15.7. The fourth-order valence-corrected chi connectivity index (χ4v) is 4.16. The Morgan fingerprint density at radius 3 is 2.92 bits per heavy atom. The average molecular weight is 352 g/mol. The predicted molar refractivity (Wildman–Crippen MR) is 102 cm³/mol. The number of imidazole rings is 1. The van der Waals surface area contributed by atoms with Crippen LogP contribution < -0.4 is 5.32 Å². The van der Waals surface area contributed by atoms with Gasteiger partial charge in [0, 0.05) is 55.9 Å². The number of rotatable bonds is 4. The highest BCUT2D eigenvalue weighted by Gasteiger charge is 2.31. The molecule has 5 nitrogen and oxygen atoms in total. The van der Waals surface area contributed by atoms with E-state index in [1.165, 1.54) is 16.8 Å². The number of nitrogens with one attached hydrogen (secondary N) is 1. The molecule has 1 unspecified atom stereocenters. The normalized spacial score (nSPS) is 20.3. The second-order valence-corrected chi connectivity index (χ2v) is 8.24. The van der Waals surface area contributed by atoms with Gasteiger partial charge in [-0.3, -0.25) is 9.69 Å². The summed E-state index contributed by atoms with van der Waals surface area (Å²) in [5.41, 5.74) is 3.99. The van der Waals surface area contributed by atoms with E-state index in [2.05, 4.69) is 57.9 Å². The molecule has 5 heteroatoms. The summed E-state index contributed by atoms with van der Waals surface area (Å²) >= 11 is 0. The Morgan fingerprint density at radius 1 is 1.27 bits per heavy atom. The number of carbonyl (C=O) groups excluding carboxylic acids is 1. The van der Waals surface area contributed by atoms with E-state index in [1.807, 2.05) is 12.5 Å². The van der Waals surface area contributed by atoms with Gasteiger partial charge in [0.05, 0.1) is 6.33 Å². The van der Waals surface area contributed by atoms with Gasteiger partial charge in [-0.15, -0.1) is 0 Å². The summed E-state index contributed by atoms with van der Waals surface area (Å²) < 4.78 is 2.15. The third kappa shape index (κ3) is 3.40. The van der Waals surface area contributed by atoms with Gasteiger partial charge < -0.3 is 9.88 Å². The van der Waals surface area contributed by atoms with Crippen LogP contribution >= 0.6 is 0 Å². The SMILES string of the molecule is CC(C)(CNC(=O)C1CCn2cncc2C1)N1CCc2ccccc2C1. The maximum Gasteiger partial charge on any atom is 0.223 e. The molecule has 2 aromatic rings. The number of aromatic nitrogens is 2. The van der Waals surface area contributed by atoms with E-state index in [-0.39, 0.29) is 17.4 Å². The minimum Gasteiger partial charge on any atom is -0.354 e. The van der Waals surface area contributed by atoms with Gasteiger partial charge in [-0.05, 0) is 37.8 Å². The van der Waals surface area contributed by atoms with Crippen LogP contribution in [0.25, 0.3) is 0 Å². The molecule has 1 aromatic carbocycles. The van der Waals surface area contributed by atoms with Crippen LogP contribution in [0.3, 0.4) is 0 Å². The van der Waals surface area contributed by atoms with Crippen molar-refractivity contribution in [2.75, 3.05) is 13.1 Å². The van der Waals surface area contributed by atoms with E-state index in [0.29, 0.717) is 6.54 Å². The zero-order chi connectivity index (χ0) is 18.1. The lowest BCUT2D eigenvalue weighted by atomic mass is 9.92. The van der Waals surface area contributed by atoms with E-state index in [0.717, 1.165) is 38.9 Å². The molecule has 138 valence electrons. The van der Waals surface area contributed by atoms with E-state index in [4.69, 9.17) is 0 Å². The zero-order valence-corrected chi connectivity index (χ0v) is 15.7. The van der Waals surface area contributed by atoms with E-state index >= 15 is 0 Å². The first kappa shape index (κ1) is 17.3. The molecule has 0 saturated carbocycles. The summed E-state index contributed by atoms with van der Waals surface area (Å²) in [5.74, 6) is 0.250. The molecule has 1 N–H and O–H groups in total. The maximum absolute atomic E-state index is 12.7. The van der Waals surface area contributed by atoms with Crippen molar-refractivity contribution < 1.29 is 4.79 Å². The quantitative estimate of drug-likeness (QED) is 0.919. The average Bonchev–Trinajstić information content (AvgIpc) is 3.13. The van der Waals surface area contributed by atoms with Crippen molar-refractivity contribution in [2.45, 2.75) is 51.7 Å². The molecular weight excluding hydrogens is 324 g/mol. The first-order valence-electron chi connectivity index (χ1n) is 9.61. The molecule has 0 spiro atoms. The monoisotopic (exact) mass is 352 g/mol. The van der Waals surface area contributed by atoms with Gasteiger partial charge in [0.25, 0.3) is 0 Å². The highest BCUT2D eigenvalue weighted by Crippen LogP contribution is 2.25. The van der Waals surface area contributed by atoms with Crippen molar-refractivity contribution in [2.24, 2.45) is 5.92 Å². The van der Waals surface area contributed by atoms with Crippen LogP contribution in [-0.2, 0) is 30.7 Å². The second-order valence-electron chi connectivity index (χ2n) is 8.24. The molecule has 2 aliphatic heterocycles. The highest BCUT2D eigenvalue weighted by molar-refractivity contribution is 5.79. The van der Waals surface area contributed by atoms with Crippen LogP contribution in [0.1, 0.15) is 37.1 Å². The van der Waals surface area contributed by atoms with Gasteiger partial charge in [-0.1, -0.05) is 24.3 Å². The van der Waals surface area contributed by atoms with E-state index in [1.54, 1.807) is 0 Å². The van der Waals surface area contributed by atoms with Crippen LogP contribution in [0, 0.1) is 5.92 Å². The lowest BCUT2D eigenvalue weighted by Crippen LogP contribution is -2.54. The minimum atomic E-state index is -0.0559. The first-order chi connectivity index (χ1) is 12.5. The standard InChI is InChI=1S/C21H28N4O/c1-21(2,25-10-8-16-5-3-4-6-18(16)13-25)14-23-20(26)17-7-9-24-15-22-12-19(24)11-17/h3-6,12,15,17H,7-11,13-14H2,1-2H3,(H,23,26). The van der Waals surface area contributed by atoms with Crippen molar-refractivity contribution in [3.8, 4) is 0 Å². The van der Waals surface area contributed by atoms with Crippen molar-refractivity contribution >= 4 is 5.91 Å². The fraction of sp³-hybridized carbons (Fsp3) is 0.524. The predicted octanol–water partition coefficient (Wildman–Crippen LogP) is 2.40. The molecule has 0 saturated heterocycles. The molecule has 4 rings (SSSR count). The molecule has 0 aliphatic carbocycles. The molecule has 1 amide bonds. The number of carbonyl (C=O) groups is 1. The molecule has 1 atom stereocenters. The largest absolute Gasteiger partial charge is 0.354 e. The molecular formula is C21H28N4O. The van der Waals surface area contributed by atoms with E-state index in [9.17, 15) is 4.79 Å². The number of amides is 1. The van der Waals surface area contributed by atoms with Crippen LogP contribution in [0.5, 0.6) is 0 Å². The van der Waals surface area contributed by atoms with Crippen LogP contribution in [0.2, 0.25) is 0 Å². The van der Waals surface area contributed by atoms with Gasteiger partial charge in [0.1, 0.15) is 0 Å². The Bertz CT molecular complexity index is 795. The Hall–Kier alpha value is -2.14. The smallest absolute Gasteiger partial charge is 0.223 e. The van der Waals surface area contributed by atoms with Crippen LogP contribution in [0.4, 0.5) is 0 Å². The van der Waals surface area contributed by atoms with Crippen molar-refractivity contribution in [1.82, 2.24) is 19.8 Å². The second kappa shape index (κ2) is 6.88. The van der Waals surface area contributed by atoms with E-state index < -0.39 is 0 Å². The van der Waals surface area contributed by atoms with Crippen molar-refractivity contribution in [3.63, 3.8) is 0 Å². The maximum atomic E-state index is 12.7. The topological polar surface area (TPSA) is 50.2 Å². The highest BCUT2D eigenvalue weighted by atomic mass is 16.1. The minimum absolute atomic E-state index is 0.0559. The molecule has 0 radical (unpaired) electrons. The third-order valence-electron chi connectivity index (χ3n) is 6.03. The molecule has 1 aromatic heterocycles. The Kier molecular flexibility index (Phi) is 4.57. The van der Waals surface area contributed by atoms with Gasteiger partial charge in [-0.25, -0.2) is 4.98 Å². The van der Waals surface area contributed by atoms with Gasteiger partial charge in [-0.2, -0.15) is 0 Å². The van der Waals surface area contributed by atoms with Crippen LogP contribution in [-0.4, -0.2) is 39.0 Å². The molecule has 0 bridgehead atoms. The Balaban J connectivity index is 1.34. The number of aryl methyl sites for hydroxylation is 1. The summed E-state index contributed by atoms with van der Waals surface area (Å²) in [5, 5.41) is 3.23. The number of benzene rings is 1. The summed E-state index contributed by atoms with van der Waals surface area (Å²) in [7, 11) is 0. The Morgan fingerprint density at radius 2 is 2.08 bits per heavy atom. The number of hydrogen-bond acceptors (Lipinski definition) is 3. The van der Waals surface area contributed by atoms with Gasteiger partial charge in [0.2, 0.25) is 5.91 Å². The fourth-order valence-electron chi connectivity index (χ4n) is 4.16. The van der Waals surface area contributed by atoms with Crippen molar-refractivity contribution in [1.29, 1.82) is 0 Å². The summed E-state index contributed by atoms with van der Waals surface area (Å²) in [6.45, 7) is 8.04. The lowest BCUT2D eigenvalue weighted by molar-refractivity contribution is -0.126. The molecule has 0 fully saturated rings.